The third-order valence-electron chi connectivity index (χ3n) is 3.32. The van der Waals surface area contributed by atoms with Gasteiger partial charge in [0.1, 0.15) is 5.60 Å². The first-order chi connectivity index (χ1) is 9.51. The molecule has 21 heavy (non-hydrogen) atoms. The highest BCUT2D eigenvalue weighted by Gasteiger charge is 2.29. The minimum Gasteiger partial charge on any atom is -0.444 e. The Kier molecular flexibility index (Phi) is 5.75. The van der Waals surface area contributed by atoms with E-state index in [1.54, 1.807) is 11.3 Å². The predicted octanol–water partition coefficient (Wildman–Crippen LogP) is 3.23. The van der Waals surface area contributed by atoms with E-state index >= 15 is 0 Å². The van der Waals surface area contributed by atoms with Gasteiger partial charge in [-0.2, -0.15) is 0 Å². The van der Waals surface area contributed by atoms with E-state index < -0.39 is 17.2 Å². The van der Waals surface area contributed by atoms with Gasteiger partial charge in [0.25, 0.3) is 0 Å². The number of carbonyl (C=O) groups excluding carboxylic acids is 1. The lowest BCUT2D eigenvalue weighted by Gasteiger charge is -2.34. The number of hydrogen-bond acceptors (Lipinski definition) is 5. The molecule has 1 aromatic rings. The standard InChI is InChI=1S/C15H27N3O2S/c1-10-12(21-9-17-10)8-16-11(2)15(6,7)18-13(19)20-14(3,4)5/h9,11,16H,8H2,1-7H3,(H,18,19). The van der Waals surface area contributed by atoms with Gasteiger partial charge in [-0.25, -0.2) is 9.78 Å². The molecule has 0 aliphatic heterocycles. The number of aryl methyl sites for hydroxylation is 1. The summed E-state index contributed by atoms with van der Waals surface area (Å²) in [4.78, 5) is 17.3. The highest BCUT2D eigenvalue weighted by molar-refractivity contribution is 7.09. The predicted molar refractivity (Wildman–Crippen MR) is 86.6 cm³/mol. The van der Waals surface area contributed by atoms with Crippen LogP contribution >= 0.6 is 11.3 Å². The van der Waals surface area contributed by atoms with Crippen molar-refractivity contribution >= 4 is 17.4 Å². The van der Waals surface area contributed by atoms with E-state index in [-0.39, 0.29) is 6.04 Å². The molecule has 5 nitrogen and oxygen atoms in total. The van der Waals surface area contributed by atoms with Gasteiger partial charge < -0.3 is 15.4 Å². The Balaban J connectivity index is 2.52. The van der Waals surface area contributed by atoms with Gasteiger partial charge in [0.05, 0.1) is 16.7 Å². The fraction of sp³-hybridized carbons (Fsp3) is 0.733. The van der Waals surface area contributed by atoms with Crippen molar-refractivity contribution in [2.45, 2.75) is 72.2 Å². The number of aromatic nitrogens is 1. The monoisotopic (exact) mass is 313 g/mol. The quantitative estimate of drug-likeness (QED) is 0.876. The summed E-state index contributed by atoms with van der Waals surface area (Å²) in [6.07, 6.45) is -0.393. The molecule has 0 radical (unpaired) electrons. The molecule has 1 aromatic heterocycles. The summed E-state index contributed by atoms with van der Waals surface area (Å²) in [5.74, 6) is 0. The molecular formula is C15H27N3O2S. The van der Waals surface area contributed by atoms with Crippen LogP contribution in [0.1, 0.15) is 52.1 Å². The molecule has 0 saturated heterocycles. The molecule has 0 bridgehead atoms. The number of amides is 1. The van der Waals surface area contributed by atoms with Crippen molar-refractivity contribution in [3.63, 3.8) is 0 Å². The van der Waals surface area contributed by atoms with Gasteiger partial charge in [0, 0.05) is 17.5 Å². The van der Waals surface area contributed by atoms with Crippen LogP contribution in [0.4, 0.5) is 4.79 Å². The second-order valence-electron chi connectivity index (χ2n) is 6.81. The van der Waals surface area contributed by atoms with E-state index in [4.69, 9.17) is 4.74 Å². The number of nitrogens with one attached hydrogen (secondary N) is 2. The van der Waals surface area contributed by atoms with Crippen LogP contribution in [0.15, 0.2) is 5.51 Å². The average molecular weight is 313 g/mol. The second kappa shape index (κ2) is 6.75. The lowest BCUT2D eigenvalue weighted by Crippen LogP contribution is -2.56. The molecular weight excluding hydrogens is 286 g/mol. The molecule has 2 N–H and O–H groups in total. The molecule has 1 unspecified atom stereocenters. The van der Waals surface area contributed by atoms with Crippen molar-refractivity contribution in [3.05, 3.63) is 16.1 Å². The number of thiazole rings is 1. The summed E-state index contributed by atoms with van der Waals surface area (Å²) in [5, 5.41) is 6.36. The van der Waals surface area contributed by atoms with Gasteiger partial charge in [-0.3, -0.25) is 0 Å². The van der Waals surface area contributed by atoms with Crippen LogP contribution in [-0.2, 0) is 11.3 Å². The van der Waals surface area contributed by atoms with Crippen molar-refractivity contribution in [3.8, 4) is 0 Å². The zero-order valence-electron chi connectivity index (χ0n) is 14.0. The van der Waals surface area contributed by atoms with Gasteiger partial charge in [-0.1, -0.05) is 0 Å². The molecule has 0 fully saturated rings. The zero-order valence-corrected chi connectivity index (χ0v) is 14.9. The number of hydrogen-bond donors (Lipinski definition) is 2. The summed E-state index contributed by atoms with van der Waals surface area (Å²) >= 11 is 1.64. The van der Waals surface area contributed by atoms with Crippen molar-refractivity contribution in [1.82, 2.24) is 15.6 Å². The van der Waals surface area contributed by atoms with Gasteiger partial charge in [-0.05, 0) is 48.5 Å². The highest BCUT2D eigenvalue weighted by Crippen LogP contribution is 2.15. The second-order valence-corrected chi connectivity index (χ2v) is 7.75. The largest absolute Gasteiger partial charge is 0.444 e. The van der Waals surface area contributed by atoms with Crippen LogP contribution in [-0.4, -0.2) is 28.3 Å². The Labute approximate surface area is 131 Å². The number of nitrogens with zero attached hydrogens (tertiary/aromatic N) is 1. The van der Waals surface area contributed by atoms with Crippen LogP contribution in [0.2, 0.25) is 0 Å². The number of ether oxygens (including phenoxy) is 1. The van der Waals surface area contributed by atoms with E-state index in [0.29, 0.717) is 0 Å². The first-order valence-electron chi connectivity index (χ1n) is 7.15. The van der Waals surface area contributed by atoms with Crippen LogP contribution in [0.5, 0.6) is 0 Å². The van der Waals surface area contributed by atoms with E-state index in [0.717, 1.165) is 12.2 Å². The molecule has 0 aliphatic rings. The fourth-order valence-corrected chi connectivity index (χ4v) is 2.40. The molecule has 0 aliphatic carbocycles. The van der Waals surface area contributed by atoms with Crippen LogP contribution < -0.4 is 10.6 Å². The number of carbonyl (C=O) groups is 1. The molecule has 1 heterocycles. The Morgan fingerprint density at radius 1 is 1.38 bits per heavy atom. The molecule has 1 amide bonds. The van der Waals surface area contributed by atoms with Gasteiger partial charge in [-0.15, -0.1) is 11.3 Å². The summed E-state index contributed by atoms with van der Waals surface area (Å²) in [5.41, 5.74) is 2.00. The summed E-state index contributed by atoms with van der Waals surface area (Å²) < 4.78 is 5.31. The van der Waals surface area contributed by atoms with Crippen LogP contribution in [0.3, 0.4) is 0 Å². The highest BCUT2D eigenvalue weighted by atomic mass is 32.1. The molecule has 0 spiro atoms. The van der Waals surface area contributed by atoms with E-state index in [2.05, 4.69) is 15.6 Å². The van der Waals surface area contributed by atoms with E-state index in [1.807, 2.05) is 54.0 Å². The van der Waals surface area contributed by atoms with Crippen molar-refractivity contribution in [1.29, 1.82) is 0 Å². The molecule has 1 rings (SSSR count). The van der Waals surface area contributed by atoms with Crippen molar-refractivity contribution in [2.75, 3.05) is 0 Å². The third kappa shape index (κ3) is 6.01. The Hall–Kier alpha value is -1.14. The van der Waals surface area contributed by atoms with Crippen LogP contribution in [0, 0.1) is 6.92 Å². The maximum Gasteiger partial charge on any atom is 0.408 e. The van der Waals surface area contributed by atoms with Crippen molar-refractivity contribution < 1.29 is 9.53 Å². The van der Waals surface area contributed by atoms with Crippen molar-refractivity contribution in [2.24, 2.45) is 0 Å². The molecule has 6 heteroatoms. The molecule has 1 atom stereocenters. The maximum atomic E-state index is 11.9. The molecule has 120 valence electrons. The summed E-state index contributed by atoms with van der Waals surface area (Å²) in [6, 6.07) is 0.0894. The first kappa shape index (κ1) is 17.9. The fourth-order valence-electron chi connectivity index (χ4n) is 1.67. The first-order valence-corrected chi connectivity index (χ1v) is 8.03. The third-order valence-corrected chi connectivity index (χ3v) is 4.25. The summed E-state index contributed by atoms with van der Waals surface area (Å²) in [7, 11) is 0. The lowest BCUT2D eigenvalue weighted by molar-refractivity contribution is 0.0453. The van der Waals surface area contributed by atoms with Gasteiger partial charge in [0.15, 0.2) is 0 Å². The molecule has 0 aromatic carbocycles. The van der Waals surface area contributed by atoms with E-state index in [9.17, 15) is 4.79 Å². The zero-order chi connectivity index (χ0) is 16.3. The minimum atomic E-state index is -0.490. The lowest BCUT2D eigenvalue weighted by atomic mass is 9.96. The average Bonchev–Trinajstić information content (AvgIpc) is 2.68. The SMILES string of the molecule is Cc1ncsc1CNC(C)C(C)(C)NC(=O)OC(C)(C)C. The van der Waals surface area contributed by atoms with Crippen LogP contribution in [0.25, 0.3) is 0 Å². The summed E-state index contributed by atoms with van der Waals surface area (Å²) in [6.45, 7) is 14.3. The smallest absolute Gasteiger partial charge is 0.408 e. The van der Waals surface area contributed by atoms with Gasteiger partial charge >= 0.3 is 6.09 Å². The van der Waals surface area contributed by atoms with E-state index in [1.165, 1.54) is 4.88 Å². The number of rotatable bonds is 5. The Bertz CT molecular complexity index is 478. The Morgan fingerprint density at radius 3 is 2.48 bits per heavy atom. The topological polar surface area (TPSA) is 63.2 Å². The molecule has 0 saturated carbocycles. The number of alkyl carbamates (subject to hydrolysis) is 1. The van der Waals surface area contributed by atoms with Gasteiger partial charge in [0.2, 0.25) is 0 Å². The minimum absolute atomic E-state index is 0.0894. The maximum absolute atomic E-state index is 11.9. The Morgan fingerprint density at radius 2 is 2.00 bits per heavy atom. The normalized spacial score (nSPS) is 13.9.